The van der Waals surface area contributed by atoms with Gasteiger partial charge in [-0.25, -0.2) is 4.68 Å². The van der Waals surface area contributed by atoms with Crippen molar-refractivity contribution in [3.63, 3.8) is 0 Å². The van der Waals surface area contributed by atoms with Gasteiger partial charge in [-0.2, -0.15) is 0 Å². The Labute approximate surface area is 97.6 Å². The molecule has 1 amide bonds. The zero-order valence-corrected chi connectivity index (χ0v) is 8.87. The van der Waals surface area contributed by atoms with Gasteiger partial charge in [0.2, 0.25) is 0 Å². The van der Waals surface area contributed by atoms with Crippen LogP contribution in [-0.4, -0.2) is 32.7 Å². The van der Waals surface area contributed by atoms with Crippen LogP contribution in [0.3, 0.4) is 0 Å². The van der Waals surface area contributed by atoms with Gasteiger partial charge in [0, 0.05) is 5.56 Å². The third-order valence-electron chi connectivity index (χ3n) is 2.09. The number of terminal acetylenes is 1. The lowest BCUT2D eigenvalue weighted by molar-refractivity contribution is 0.0958. The van der Waals surface area contributed by atoms with Crippen LogP contribution in [0.2, 0.25) is 0 Å². The number of aromatic nitrogens is 4. The maximum absolute atomic E-state index is 11.5. The van der Waals surface area contributed by atoms with Crippen molar-refractivity contribution >= 4 is 5.91 Å². The Balaban J connectivity index is 2.14. The molecule has 0 spiro atoms. The fraction of sp³-hybridized carbons (Fsp3) is 0.0909. The average molecular weight is 227 g/mol. The molecule has 0 saturated carbocycles. The molecular weight excluding hydrogens is 218 g/mol. The van der Waals surface area contributed by atoms with E-state index < -0.39 is 0 Å². The quantitative estimate of drug-likeness (QED) is 0.750. The monoisotopic (exact) mass is 227 g/mol. The van der Waals surface area contributed by atoms with Gasteiger partial charge in [-0.1, -0.05) is 5.92 Å². The first kappa shape index (κ1) is 10.8. The first-order valence-electron chi connectivity index (χ1n) is 4.86. The van der Waals surface area contributed by atoms with Gasteiger partial charge < -0.3 is 5.32 Å². The van der Waals surface area contributed by atoms with E-state index in [9.17, 15) is 4.79 Å². The van der Waals surface area contributed by atoms with Crippen LogP contribution in [0.15, 0.2) is 30.6 Å². The number of benzene rings is 1. The van der Waals surface area contributed by atoms with Crippen molar-refractivity contribution in [2.75, 3.05) is 6.54 Å². The van der Waals surface area contributed by atoms with E-state index in [1.165, 1.54) is 11.0 Å². The molecule has 0 bridgehead atoms. The van der Waals surface area contributed by atoms with Crippen LogP contribution in [0.5, 0.6) is 0 Å². The number of hydrogen-bond acceptors (Lipinski definition) is 4. The SMILES string of the molecule is C#CCNC(=O)c1ccc(-n2cnnn2)cc1. The van der Waals surface area contributed by atoms with Gasteiger partial charge in [0.05, 0.1) is 12.2 Å². The summed E-state index contributed by atoms with van der Waals surface area (Å²) in [6.07, 6.45) is 6.53. The third-order valence-corrected chi connectivity index (χ3v) is 2.09. The van der Waals surface area contributed by atoms with Crippen LogP contribution in [0.1, 0.15) is 10.4 Å². The van der Waals surface area contributed by atoms with Gasteiger partial charge in [-0.05, 0) is 34.7 Å². The molecule has 0 aliphatic carbocycles. The number of nitrogens with one attached hydrogen (secondary N) is 1. The van der Waals surface area contributed by atoms with Gasteiger partial charge in [-0.3, -0.25) is 4.79 Å². The lowest BCUT2D eigenvalue weighted by Gasteiger charge is -2.03. The molecule has 17 heavy (non-hydrogen) atoms. The highest BCUT2D eigenvalue weighted by atomic mass is 16.1. The van der Waals surface area contributed by atoms with E-state index in [0.717, 1.165) is 5.69 Å². The Morgan fingerprint density at radius 1 is 1.41 bits per heavy atom. The van der Waals surface area contributed by atoms with Crippen molar-refractivity contribution in [1.82, 2.24) is 25.5 Å². The summed E-state index contributed by atoms with van der Waals surface area (Å²) in [7, 11) is 0. The van der Waals surface area contributed by atoms with Crippen molar-refractivity contribution in [3.8, 4) is 18.0 Å². The smallest absolute Gasteiger partial charge is 0.252 e. The fourth-order valence-corrected chi connectivity index (χ4v) is 1.28. The van der Waals surface area contributed by atoms with Crippen LogP contribution in [0.25, 0.3) is 5.69 Å². The maximum atomic E-state index is 11.5. The van der Waals surface area contributed by atoms with Gasteiger partial charge in [0.15, 0.2) is 0 Å². The van der Waals surface area contributed by atoms with Crippen LogP contribution in [0, 0.1) is 12.3 Å². The fourth-order valence-electron chi connectivity index (χ4n) is 1.28. The highest BCUT2D eigenvalue weighted by molar-refractivity contribution is 5.94. The Kier molecular flexibility index (Phi) is 3.12. The second kappa shape index (κ2) is 4.90. The van der Waals surface area contributed by atoms with E-state index in [2.05, 4.69) is 26.8 Å². The van der Waals surface area contributed by atoms with Gasteiger partial charge >= 0.3 is 0 Å². The molecule has 0 aliphatic rings. The van der Waals surface area contributed by atoms with Crippen LogP contribution in [0.4, 0.5) is 0 Å². The summed E-state index contributed by atoms with van der Waals surface area (Å²) in [5.41, 5.74) is 1.32. The minimum atomic E-state index is -0.203. The van der Waals surface area contributed by atoms with E-state index in [1.807, 2.05) is 0 Å². The zero-order chi connectivity index (χ0) is 12.1. The standard InChI is InChI=1S/C11H9N5O/c1-2-7-12-11(17)9-3-5-10(6-4-9)16-8-13-14-15-16/h1,3-6,8H,7H2,(H,12,17). The van der Waals surface area contributed by atoms with Crippen molar-refractivity contribution in [3.05, 3.63) is 36.2 Å². The molecule has 1 aromatic carbocycles. The van der Waals surface area contributed by atoms with Crippen molar-refractivity contribution in [1.29, 1.82) is 0 Å². The summed E-state index contributed by atoms with van der Waals surface area (Å²) in [5, 5.41) is 13.4. The third kappa shape index (κ3) is 2.46. The second-order valence-corrected chi connectivity index (χ2v) is 3.19. The van der Waals surface area contributed by atoms with E-state index in [-0.39, 0.29) is 12.5 Å². The Morgan fingerprint density at radius 3 is 2.76 bits per heavy atom. The molecule has 0 radical (unpaired) electrons. The van der Waals surface area contributed by atoms with Crippen molar-refractivity contribution in [2.24, 2.45) is 0 Å². The Hall–Kier alpha value is -2.68. The molecule has 0 saturated heterocycles. The molecule has 2 rings (SSSR count). The first-order chi connectivity index (χ1) is 8.31. The van der Waals surface area contributed by atoms with E-state index >= 15 is 0 Å². The molecule has 0 atom stereocenters. The van der Waals surface area contributed by atoms with Gasteiger partial charge in [0.25, 0.3) is 5.91 Å². The molecule has 2 aromatic rings. The van der Waals surface area contributed by atoms with Crippen molar-refractivity contribution in [2.45, 2.75) is 0 Å². The number of rotatable bonds is 3. The molecule has 1 aromatic heterocycles. The molecule has 1 heterocycles. The molecular formula is C11H9N5O. The number of tetrazole rings is 1. The van der Waals surface area contributed by atoms with Gasteiger partial charge in [0.1, 0.15) is 6.33 Å². The van der Waals surface area contributed by atoms with E-state index in [4.69, 9.17) is 6.42 Å². The summed E-state index contributed by atoms with van der Waals surface area (Å²) in [5.74, 6) is 2.14. The largest absolute Gasteiger partial charge is 0.341 e. The average Bonchev–Trinajstić information content (AvgIpc) is 2.90. The van der Waals surface area contributed by atoms with Gasteiger partial charge in [-0.15, -0.1) is 11.5 Å². The summed E-state index contributed by atoms with van der Waals surface area (Å²) in [6.45, 7) is 0.216. The molecule has 0 aliphatic heterocycles. The number of carbonyl (C=O) groups excluding carboxylic acids is 1. The highest BCUT2D eigenvalue weighted by Crippen LogP contribution is 2.07. The van der Waals surface area contributed by atoms with E-state index in [0.29, 0.717) is 5.56 Å². The number of hydrogen-bond donors (Lipinski definition) is 1. The lowest BCUT2D eigenvalue weighted by Crippen LogP contribution is -2.23. The van der Waals surface area contributed by atoms with E-state index in [1.54, 1.807) is 24.3 Å². The van der Waals surface area contributed by atoms with Crippen LogP contribution >= 0.6 is 0 Å². The topological polar surface area (TPSA) is 72.7 Å². The molecule has 1 N–H and O–H groups in total. The summed E-state index contributed by atoms with van der Waals surface area (Å²) in [6, 6.07) is 6.87. The molecule has 0 unspecified atom stereocenters. The number of carbonyl (C=O) groups is 1. The molecule has 84 valence electrons. The minimum Gasteiger partial charge on any atom is -0.341 e. The lowest BCUT2D eigenvalue weighted by atomic mass is 10.2. The molecule has 6 nitrogen and oxygen atoms in total. The zero-order valence-electron chi connectivity index (χ0n) is 8.87. The molecule has 6 heteroatoms. The normalized spacial score (nSPS) is 9.59. The van der Waals surface area contributed by atoms with Crippen molar-refractivity contribution < 1.29 is 4.79 Å². The highest BCUT2D eigenvalue weighted by Gasteiger charge is 2.04. The summed E-state index contributed by atoms with van der Waals surface area (Å²) >= 11 is 0. The Morgan fingerprint density at radius 2 is 2.18 bits per heavy atom. The van der Waals surface area contributed by atoms with Crippen LogP contribution in [-0.2, 0) is 0 Å². The molecule has 0 fully saturated rings. The number of amides is 1. The number of nitrogens with zero attached hydrogens (tertiary/aromatic N) is 4. The maximum Gasteiger partial charge on any atom is 0.252 e. The minimum absolute atomic E-state index is 0.203. The Bertz CT molecular complexity index is 538. The summed E-state index contributed by atoms with van der Waals surface area (Å²) < 4.78 is 1.50. The predicted molar refractivity (Wildman–Crippen MR) is 60.3 cm³/mol. The van der Waals surface area contributed by atoms with Crippen LogP contribution < -0.4 is 5.32 Å². The predicted octanol–water partition coefficient (Wildman–Crippen LogP) is 0.0253. The second-order valence-electron chi connectivity index (χ2n) is 3.19. The first-order valence-corrected chi connectivity index (χ1v) is 4.86. The summed E-state index contributed by atoms with van der Waals surface area (Å²) in [4.78, 5) is 11.5.